The first-order chi connectivity index (χ1) is 16.9. The summed E-state index contributed by atoms with van der Waals surface area (Å²) in [6, 6.07) is 15.1. The lowest BCUT2D eigenvalue weighted by Crippen LogP contribution is -2.29. The molecular weight excluding hydrogens is 473 g/mol. The standard InChI is InChI=1S/C27H21ClFNO5/c1-3-34-21-10-6-16(12-22(21)33-2)24-23-25(31)19-13-17(28)7-11-20(19)35-26(23)27(32)30(24)14-15-4-8-18(29)9-5-15/h4-13,24H,3,14H2,1-2H3. The number of hydrogen-bond acceptors (Lipinski definition) is 5. The van der Waals surface area contributed by atoms with Crippen molar-refractivity contribution in [3.8, 4) is 11.5 Å². The third-order valence-electron chi connectivity index (χ3n) is 6.00. The number of halogens is 2. The van der Waals surface area contributed by atoms with Crippen molar-refractivity contribution in [2.24, 2.45) is 0 Å². The fourth-order valence-electron chi connectivity index (χ4n) is 4.42. The number of fused-ring (bicyclic) bond motifs is 2. The van der Waals surface area contributed by atoms with Crippen LogP contribution in [-0.4, -0.2) is 24.5 Å². The summed E-state index contributed by atoms with van der Waals surface area (Å²) >= 11 is 6.14. The molecule has 3 aromatic carbocycles. The van der Waals surface area contributed by atoms with Crippen LogP contribution in [0.5, 0.6) is 11.5 Å². The van der Waals surface area contributed by atoms with Crippen molar-refractivity contribution >= 4 is 28.5 Å². The highest BCUT2D eigenvalue weighted by molar-refractivity contribution is 6.31. The molecule has 35 heavy (non-hydrogen) atoms. The summed E-state index contributed by atoms with van der Waals surface area (Å²) < 4.78 is 30.6. The van der Waals surface area contributed by atoms with Gasteiger partial charge in [-0.15, -0.1) is 0 Å². The highest BCUT2D eigenvalue weighted by Gasteiger charge is 2.43. The van der Waals surface area contributed by atoms with Gasteiger partial charge in [0.15, 0.2) is 16.9 Å². The van der Waals surface area contributed by atoms with Crippen LogP contribution >= 0.6 is 11.6 Å². The van der Waals surface area contributed by atoms with Crippen molar-refractivity contribution in [1.29, 1.82) is 0 Å². The maximum atomic E-state index is 13.7. The van der Waals surface area contributed by atoms with Crippen LogP contribution in [0.2, 0.25) is 5.02 Å². The van der Waals surface area contributed by atoms with Gasteiger partial charge in [-0.2, -0.15) is 0 Å². The molecule has 0 spiro atoms. The predicted molar refractivity (Wildman–Crippen MR) is 130 cm³/mol. The van der Waals surface area contributed by atoms with Gasteiger partial charge in [-0.25, -0.2) is 4.39 Å². The second kappa shape index (κ2) is 9.07. The number of amides is 1. The Hall–Kier alpha value is -3.84. The molecule has 4 aromatic rings. The highest BCUT2D eigenvalue weighted by Crippen LogP contribution is 2.41. The molecule has 1 atom stereocenters. The molecule has 0 aliphatic carbocycles. The van der Waals surface area contributed by atoms with Crippen LogP contribution in [0.3, 0.4) is 0 Å². The van der Waals surface area contributed by atoms with Gasteiger partial charge in [0.05, 0.1) is 30.7 Å². The van der Waals surface area contributed by atoms with Crippen LogP contribution in [0.15, 0.2) is 69.9 Å². The number of rotatable bonds is 6. The number of methoxy groups -OCH3 is 1. The molecule has 1 aliphatic heterocycles. The van der Waals surface area contributed by atoms with E-state index in [4.69, 9.17) is 25.5 Å². The van der Waals surface area contributed by atoms with Crippen molar-refractivity contribution in [3.63, 3.8) is 0 Å². The molecule has 0 N–H and O–H groups in total. The van der Waals surface area contributed by atoms with Crippen molar-refractivity contribution in [2.75, 3.05) is 13.7 Å². The van der Waals surface area contributed by atoms with Crippen molar-refractivity contribution in [1.82, 2.24) is 4.90 Å². The van der Waals surface area contributed by atoms with Crippen LogP contribution in [0.25, 0.3) is 11.0 Å². The fourth-order valence-corrected chi connectivity index (χ4v) is 4.59. The number of benzene rings is 3. The van der Waals surface area contributed by atoms with Crippen LogP contribution in [0, 0.1) is 5.82 Å². The van der Waals surface area contributed by atoms with Gasteiger partial charge < -0.3 is 18.8 Å². The monoisotopic (exact) mass is 493 g/mol. The van der Waals surface area contributed by atoms with Gasteiger partial charge in [0.2, 0.25) is 5.76 Å². The number of carbonyl (C=O) groups is 1. The molecule has 0 bridgehead atoms. The number of ether oxygens (including phenoxy) is 2. The molecule has 0 fully saturated rings. The quantitative estimate of drug-likeness (QED) is 0.342. The molecule has 8 heteroatoms. The van der Waals surface area contributed by atoms with Gasteiger partial charge in [0, 0.05) is 11.6 Å². The molecule has 1 amide bonds. The number of nitrogens with zero attached hydrogens (tertiary/aromatic N) is 1. The maximum absolute atomic E-state index is 13.7. The Bertz CT molecular complexity index is 1500. The highest BCUT2D eigenvalue weighted by atomic mass is 35.5. The van der Waals surface area contributed by atoms with Crippen LogP contribution in [-0.2, 0) is 6.54 Å². The van der Waals surface area contributed by atoms with E-state index >= 15 is 0 Å². The van der Waals surface area contributed by atoms with Gasteiger partial charge in [-0.3, -0.25) is 9.59 Å². The third kappa shape index (κ3) is 4.02. The Labute approximate surface area is 205 Å². The lowest BCUT2D eigenvalue weighted by molar-refractivity contribution is 0.0714. The van der Waals surface area contributed by atoms with Crippen molar-refractivity contribution in [3.05, 3.63) is 104 Å². The Morgan fingerprint density at radius 2 is 1.80 bits per heavy atom. The summed E-state index contributed by atoms with van der Waals surface area (Å²) in [5.74, 6) is 0.185. The molecule has 1 aromatic heterocycles. The minimum absolute atomic E-state index is 0.0233. The van der Waals surface area contributed by atoms with Crippen LogP contribution in [0.1, 0.15) is 40.2 Å². The van der Waals surface area contributed by atoms with E-state index in [-0.39, 0.29) is 40.1 Å². The zero-order chi connectivity index (χ0) is 24.7. The molecule has 0 radical (unpaired) electrons. The van der Waals surface area contributed by atoms with E-state index < -0.39 is 11.9 Å². The molecular formula is C27H21ClFNO5. The Morgan fingerprint density at radius 1 is 1.03 bits per heavy atom. The zero-order valence-electron chi connectivity index (χ0n) is 19.0. The zero-order valence-corrected chi connectivity index (χ0v) is 19.8. The topological polar surface area (TPSA) is 69.0 Å². The summed E-state index contributed by atoms with van der Waals surface area (Å²) in [7, 11) is 1.52. The minimum Gasteiger partial charge on any atom is -0.493 e. The van der Waals surface area contributed by atoms with Crippen molar-refractivity contribution < 1.29 is 23.1 Å². The molecule has 5 rings (SSSR count). The fraction of sp³-hybridized carbons (Fsp3) is 0.185. The molecule has 1 aliphatic rings. The van der Waals surface area contributed by atoms with Gasteiger partial charge in [0.25, 0.3) is 5.91 Å². The predicted octanol–water partition coefficient (Wildman–Crippen LogP) is 5.74. The van der Waals surface area contributed by atoms with Crippen molar-refractivity contribution in [2.45, 2.75) is 19.5 Å². The van der Waals surface area contributed by atoms with E-state index in [9.17, 15) is 14.0 Å². The van der Waals surface area contributed by atoms with E-state index in [1.165, 1.54) is 25.3 Å². The summed E-state index contributed by atoms with van der Waals surface area (Å²) in [6.45, 7) is 2.46. The van der Waals surface area contributed by atoms with E-state index in [1.807, 2.05) is 6.92 Å². The normalized spacial score (nSPS) is 14.9. The molecule has 0 saturated heterocycles. The lowest BCUT2D eigenvalue weighted by atomic mass is 9.97. The first kappa shape index (κ1) is 22.9. The minimum atomic E-state index is -0.758. The summed E-state index contributed by atoms with van der Waals surface area (Å²) in [4.78, 5) is 28.8. The summed E-state index contributed by atoms with van der Waals surface area (Å²) in [6.07, 6.45) is 0. The van der Waals surface area contributed by atoms with Gasteiger partial charge in [0.1, 0.15) is 11.4 Å². The third-order valence-corrected chi connectivity index (χ3v) is 6.23. The van der Waals surface area contributed by atoms with E-state index in [1.54, 1.807) is 47.4 Å². The Kier molecular flexibility index (Phi) is 5.94. The van der Waals surface area contributed by atoms with Crippen LogP contribution in [0.4, 0.5) is 4.39 Å². The molecule has 1 unspecified atom stereocenters. The largest absolute Gasteiger partial charge is 0.493 e. The maximum Gasteiger partial charge on any atom is 0.291 e. The Morgan fingerprint density at radius 3 is 2.51 bits per heavy atom. The first-order valence-corrected chi connectivity index (χ1v) is 11.4. The smallest absolute Gasteiger partial charge is 0.291 e. The molecule has 2 heterocycles. The molecule has 6 nitrogen and oxygen atoms in total. The van der Waals surface area contributed by atoms with Gasteiger partial charge in [-0.05, 0) is 60.5 Å². The summed E-state index contributed by atoms with van der Waals surface area (Å²) in [5, 5.41) is 0.673. The second-order valence-electron chi connectivity index (χ2n) is 8.12. The number of carbonyl (C=O) groups excluding carboxylic acids is 1. The van der Waals surface area contributed by atoms with E-state index in [0.29, 0.717) is 34.3 Å². The SMILES string of the molecule is CCOc1ccc(C2c3c(oc4ccc(Cl)cc4c3=O)C(=O)N2Cc2ccc(F)cc2)cc1OC. The summed E-state index contributed by atoms with van der Waals surface area (Å²) in [5.41, 5.74) is 1.51. The Balaban J connectivity index is 1.71. The van der Waals surface area contributed by atoms with Crippen LogP contribution < -0.4 is 14.9 Å². The molecule has 178 valence electrons. The first-order valence-electron chi connectivity index (χ1n) is 11.0. The average molecular weight is 494 g/mol. The van der Waals surface area contributed by atoms with E-state index in [2.05, 4.69) is 0 Å². The average Bonchev–Trinajstić information content (AvgIpc) is 3.13. The lowest BCUT2D eigenvalue weighted by Gasteiger charge is -2.26. The van der Waals surface area contributed by atoms with Gasteiger partial charge >= 0.3 is 0 Å². The van der Waals surface area contributed by atoms with Gasteiger partial charge in [-0.1, -0.05) is 29.8 Å². The molecule has 0 saturated carbocycles. The number of hydrogen-bond donors (Lipinski definition) is 0. The second-order valence-corrected chi connectivity index (χ2v) is 8.56. The van der Waals surface area contributed by atoms with E-state index in [0.717, 1.165) is 0 Å².